The average Bonchev–Trinajstić information content (AvgIpc) is 3.08. The first kappa shape index (κ1) is 19.1. The number of nitrogens with zero attached hydrogens (tertiary/aromatic N) is 2. The van der Waals surface area contributed by atoms with Crippen molar-refractivity contribution in [2.24, 2.45) is 0 Å². The zero-order chi connectivity index (χ0) is 17.4. The number of benzene rings is 1. The van der Waals surface area contributed by atoms with Crippen LogP contribution in [0.3, 0.4) is 0 Å². The van der Waals surface area contributed by atoms with E-state index in [0.29, 0.717) is 6.54 Å². The van der Waals surface area contributed by atoms with Crippen molar-refractivity contribution in [1.29, 1.82) is 0 Å². The zero-order valence-corrected chi connectivity index (χ0v) is 15.5. The van der Waals surface area contributed by atoms with Crippen molar-refractivity contribution in [1.82, 2.24) is 9.55 Å². The molecule has 24 heavy (non-hydrogen) atoms. The Balaban J connectivity index is 2.04. The van der Waals surface area contributed by atoms with Crippen LogP contribution in [0.2, 0.25) is 0 Å². The third kappa shape index (κ3) is 5.98. The van der Waals surface area contributed by atoms with Crippen LogP contribution in [0.25, 0.3) is 0 Å². The Morgan fingerprint density at radius 2 is 2.08 bits per heavy atom. The van der Waals surface area contributed by atoms with Gasteiger partial charge in [-0.05, 0) is 24.1 Å². The van der Waals surface area contributed by atoms with Crippen LogP contribution in [0.5, 0.6) is 0 Å². The Hall–Kier alpha value is -1.27. The quantitative estimate of drug-likeness (QED) is 0.506. The monoisotopic (exact) mass is 366 g/mol. The number of carbonyl (C=O) groups is 1. The molecular weight excluding hydrogens is 343 g/mol. The molecule has 2 atom stereocenters. The highest BCUT2D eigenvalue weighted by molar-refractivity contribution is 8.15. The average molecular weight is 367 g/mol. The van der Waals surface area contributed by atoms with E-state index in [0.717, 1.165) is 31.2 Å². The van der Waals surface area contributed by atoms with E-state index in [-0.39, 0.29) is 21.4 Å². The van der Waals surface area contributed by atoms with E-state index in [9.17, 15) is 9.18 Å². The standard InChI is InChI=1S/C18H23FN2OS2/c1-2-3-4-5-16(23)18(22)24-17(12-21-11-10-20-13-21)14-6-8-15(19)9-7-14/h6-11,13,16-17,23H,2-5,12H2,1H3. The Morgan fingerprint density at radius 1 is 1.33 bits per heavy atom. The second kappa shape index (κ2) is 9.89. The van der Waals surface area contributed by atoms with Gasteiger partial charge in [-0.25, -0.2) is 9.37 Å². The van der Waals surface area contributed by atoms with E-state index in [1.807, 2.05) is 10.8 Å². The first-order valence-corrected chi connectivity index (χ1v) is 9.59. The number of rotatable bonds is 9. The maximum Gasteiger partial charge on any atom is 0.202 e. The summed E-state index contributed by atoms with van der Waals surface area (Å²) in [5.74, 6) is -0.275. The molecule has 0 saturated carbocycles. The summed E-state index contributed by atoms with van der Waals surface area (Å²) in [6.07, 6.45) is 9.35. The molecule has 2 rings (SSSR count). The molecule has 0 saturated heterocycles. The highest BCUT2D eigenvalue weighted by Gasteiger charge is 2.22. The van der Waals surface area contributed by atoms with E-state index in [2.05, 4.69) is 24.5 Å². The Labute approximate surface area is 152 Å². The van der Waals surface area contributed by atoms with Crippen LogP contribution < -0.4 is 0 Å². The molecule has 1 aromatic carbocycles. The van der Waals surface area contributed by atoms with Crippen molar-refractivity contribution in [2.45, 2.75) is 49.7 Å². The number of thioether (sulfide) groups is 1. The van der Waals surface area contributed by atoms with Crippen LogP contribution >= 0.6 is 24.4 Å². The van der Waals surface area contributed by atoms with E-state index >= 15 is 0 Å². The predicted octanol–water partition coefficient (Wildman–Crippen LogP) is 4.90. The first-order valence-electron chi connectivity index (χ1n) is 8.20. The van der Waals surface area contributed by atoms with Crippen LogP contribution in [0.4, 0.5) is 4.39 Å². The molecule has 0 amide bonds. The van der Waals surface area contributed by atoms with Crippen molar-refractivity contribution in [3.63, 3.8) is 0 Å². The fraction of sp³-hybridized carbons (Fsp3) is 0.444. The third-order valence-corrected chi connectivity index (χ3v) is 5.68. The van der Waals surface area contributed by atoms with Gasteiger partial charge in [0.05, 0.1) is 16.8 Å². The first-order chi connectivity index (χ1) is 11.6. The predicted molar refractivity (Wildman–Crippen MR) is 101 cm³/mol. The summed E-state index contributed by atoms with van der Waals surface area (Å²) in [6, 6.07) is 6.34. The van der Waals surface area contributed by atoms with E-state index in [1.165, 1.54) is 23.9 Å². The third-order valence-electron chi connectivity index (χ3n) is 3.79. The van der Waals surface area contributed by atoms with Crippen molar-refractivity contribution in [2.75, 3.05) is 0 Å². The van der Waals surface area contributed by atoms with Gasteiger partial charge in [0.1, 0.15) is 5.82 Å². The molecule has 0 aliphatic rings. The van der Waals surface area contributed by atoms with E-state index < -0.39 is 0 Å². The van der Waals surface area contributed by atoms with Gasteiger partial charge in [0.25, 0.3) is 0 Å². The van der Waals surface area contributed by atoms with Crippen molar-refractivity contribution >= 4 is 29.5 Å². The maximum absolute atomic E-state index is 13.2. The molecular formula is C18H23FN2OS2. The van der Waals surface area contributed by atoms with Crippen LogP contribution in [-0.4, -0.2) is 19.9 Å². The minimum absolute atomic E-state index is 0.0730. The Bertz CT molecular complexity index is 616. The number of unbranched alkanes of at least 4 members (excludes halogenated alkanes) is 2. The summed E-state index contributed by atoms with van der Waals surface area (Å²) in [7, 11) is 0. The molecule has 0 N–H and O–H groups in total. The summed E-state index contributed by atoms with van der Waals surface area (Å²) in [6.45, 7) is 2.75. The van der Waals surface area contributed by atoms with E-state index in [1.54, 1.807) is 24.7 Å². The largest absolute Gasteiger partial charge is 0.336 e. The fourth-order valence-corrected chi connectivity index (χ4v) is 3.86. The summed E-state index contributed by atoms with van der Waals surface area (Å²) < 4.78 is 15.1. The number of halogens is 1. The molecule has 1 aromatic heterocycles. The second-order valence-corrected chi connectivity index (χ2v) is 7.58. The maximum atomic E-state index is 13.2. The molecule has 0 bridgehead atoms. The normalized spacial score (nSPS) is 13.6. The molecule has 2 aromatic rings. The van der Waals surface area contributed by atoms with Crippen LogP contribution in [0.15, 0.2) is 43.0 Å². The SMILES string of the molecule is CCCCCC(S)C(=O)SC(Cn1ccnc1)c1ccc(F)cc1. The molecule has 3 nitrogen and oxygen atoms in total. The van der Waals surface area contributed by atoms with Crippen LogP contribution in [-0.2, 0) is 11.3 Å². The minimum Gasteiger partial charge on any atom is -0.336 e. The molecule has 0 fully saturated rings. The summed E-state index contributed by atoms with van der Waals surface area (Å²) >= 11 is 5.75. The van der Waals surface area contributed by atoms with Gasteiger partial charge in [0.15, 0.2) is 0 Å². The number of carbonyl (C=O) groups excluding carboxylic acids is 1. The number of aromatic nitrogens is 2. The summed E-state index contributed by atoms with van der Waals surface area (Å²) in [4.78, 5) is 16.5. The number of hydrogen-bond donors (Lipinski definition) is 1. The van der Waals surface area contributed by atoms with Gasteiger partial charge in [-0.1, -0.05) is 50.1 Å². The van der Waals surface area contributed by atoms with Crippen molar-refractivity contribution in [3.05, 3.63) is 54.4 Å². The van der Waals surface area contributed by atoms with Gasteiger partial charge in [-0.3, -0.25) is 4.79 Å². The van der Waals surface area contributed by atoms with Crippen LogP contribution in [0.1, 0.15) is 43.4 Å². The Kier molecular flexibility index (Phi) is 7.85. The molecule has 0 aliphatic carbocycles. The lowest BCUT2D eigenvalue weighted by Gasteiger charge is -2.19. The smallest absolute Gasteiger partial charge is 0.202 e. The lowest BCUT2D eigenvalue weighted by molar-refractivity contribution is -0.110. The lowest BCUT2D eigenvalue weighted by atomic mass is 10.1. The van der Waals surface area contributed by atoms with Crippen molar-refractivity contribution < 1.29 is 9.18 Å². The highest BCUT2D eigenvalue weighted by Crippen LogP contribution is 2.33. The molecule has 6 heteroatoms. The fourth-order valence-electron chi connectivity index (χ4n) is 2.40. The molecule has 0 aliphatic heterocycles. The second-order valence-electron chi connectivity index (χ2n) is 5.75. The van der Waals surface area contributed by atoms with Gasteiger partial charge in [-0.15, -0.1) is 0 Å². The van der Waals surface area contributed by atoms with Gasteiger partial charge in [-0.2, -0.15) is 12.6 Å². The molecule has 0 spiro atoms. The minimum atomic E-state index is -0.275. The van der Waals surface area contributed by atoms with Crippen molar-refractivity contribution in [3.8, 4) is 0 Å². The van der Waals surface area contributed by atoms with Gasteiger partial charge < -0.3 is 4.57 Å². The highest BCUT2D eigenvalue weighted by atomic mass is 32.2. The number of imidazole rings is 1. The van der Waals surface area contributed by atoms with Crippen LogP contribution in [0, 0.1) is 5.82 Å². The van der Waals surface area contributed by atoms with Gasteiger partial charge in [0.2, 0.25) is 5.12 Å². The lowest BCUT2D eigenvalue weighted by Crippen LogP contribution is -2.15. The summed E-state index contributed by atoms with van der Waals surface area (Å²) in [5.41, 5.74) is 0.928. The van der Waals surface area contributed by atoms with Gasteiger partial charge in [0, 0.05) is 18.9 Å². The molecule has 1 heterocycles. The Morgan fingerprint density at radius 3 is 2.71 bits per heavy atom. The van der Waals surface area contributed by atoms with E-state index in [4.69, 9.17) is 0 Å². The zero-order valence-electron chi connectivity index (χ0n) is 13.8. The topological polar surface area (TPSA) is 34.9 Å². The molecule has 0 radical (unpaired) electrons. The number of hydrogen-bond acceptors (Lipinski definition) is 4. The van der Waals surface area contributed by atoms with Gasteiger partial charge >= 0.3 is 0 Å². The number of thiol groups is 1. The molecule has 2 unspecified atom stereocenters. The summed E-state index contributed by atoms with van der Waals surface area (Å²) in [5, 5.41) is -0.274. The molecule has 130 valence electrons.